The van der Waals surface area contributed by atoms with Crippen LogP contribution in [0.3, 0.4) is 0 Å². The highest BCUT2D eigenvalue weighted by Crippen LogP contribution is 2.40. The van der Waals surface area contributed by atoms with Gasteiger partial charge in [-0.15, -0.1) is 42.9 Å². The Hall–Kier alpha value is 2.15. The van der Waals surface area contributed by atoms with E-state index in [-0.39, 0.29) is 0 Å². The van der Waals surface area contributed by atoms with E-state index in [4.69, 9.17) is 0 Å². The van der Waals surface area contributed by atoms with E-state index in [0.29, 0.717) is 0 Å². The molecular formula is C7H21P5. The molecule has 0 saturated heterocycles. The van der Waals surface area contributed by atoms with Gasteiger partial charge in [0.2, 0.25) is 0 Å². The van der Waals surface area contributed by atoms with Crippen LogP contribution in [0.5, 0.6) is 0 Å². The highest BCUT2D eigenvalue weighted by atomic mass is 31.2. The van der Waals surface area contributed by atoms with Crippen molar-refractivity contribution < 1.29 is 0 Å². The fraction of sp³-hybridized carbons (Fsp3) is 1.00. The van der Waals surface area contributed by atoms with Crippen LogP contribution in [0.25, 0.3) is 0 Å². The minimum absolute atomic E-state index is 1.10. The summed E-state index contributed by atoms with van der Waals surface area (Å²) < 4.78 is 0. The molecule has 0 aliphatic carbocycles. The first-order valence-electron chi connectivity index (χ1n) is 4.25. The van der Waals surface area contributed by atoms with Gasteiger partial charge < -0.3 is 0 Å². The van der Waals surface area contributed by atoms with Gasteiger partial charge in [-0.3, -0.25) is 0 Å². The van der Waals surface area contributed by atoms with Crippen LogP contribution in [0.15, 0.2) is 0 Å². The normalized spacial score (nSPS) is 18.2. The third-order valence-corrected chi connectivity index (χ3v) is 10.5. The molecule has 0 nitrogen and oxygen atoms in total. The third kappa shape index (κ3) is 8.74. The van der Waals surface area contributed by atoms with E-state index < -0.39 is 0 Å². The first-order chi connectivity index (χ1) is 5.85. The van der Waals surface area contributed by atoms with E-state index in [9.17, 15) is 0 Å². The molecule has 0 aromatic heterocycles. The second-order valence-electron chi connectivity index (χ2n) is 2.56. The Kier molecular flexibility index (Phi) is 13.2. The lowest BCUT2D eigenvalue weighted by molar-refractivity contribution is 1.42. The zero-order valence-corrected chi connectivity index (χ0v) is 13.2. The van der Waals surface area contributed by atoms with Crippen LogP contribution in [-0.2, 0) is 0 Å². The molecule has 74 valence electrons. The van der Waals surface area contributed by atoms with Crippen LogP contribution in [-0.4, -0.2) is 43.4 Å². The Labute approximate surface area is 86.5 Å². The maximum Gasteiger partial charge on any atom is -0.00239 e. The zero-order valence-electron chi connectivity index (χ0n) is 8.20. The van der Waals surface area contributed by atoms with Gasteiger partial charge in [0.05, 0.1) is 0 Å². The van der Waals surface area contributed by atoms with Gasteiger partial charge in [-0.1, -0.05) is 0 Å². The van der Waals surface area contributed by atoms with Crippen LogP contribution in [0.2, 0.25) is 0 Å². The molecule has 0 bridgehead atoms. The maximum absolute atomic E-state index is 2.38. The largest absolute Gasteiger partial charge is 0.124 e. The topological polar surface area (TPSA) is 0 Å². The minimum Gasteiger partial charge on any atom is -0.124 e. The summed E-state index contributed by atoms with van der Waals surface area (Å²) in [6.07, 6.45) is 1.51. The fourth-order valence-corrected chi connectivity index (χ4v) is 9.81. The van der Waals surface area contributed by atoms with Crippen molar-refractivity contribution in [3.63, 3.8) is 0 Å². The average Bonchev–Trinajstić information content (AvgIpc) is 2.10. The number of rotatable bonds is 8. The second kappa shape index (κ2) is 11.2. The summed E-state index contributed by atoms with van der Waals surface area (Å²) in [6.45, 7) is 7.04. The standard InChI is InChI=1S/C7H21P5/c1-8-4-7(10-3)12-6-11-5-9-2/h7-12H,4-6H2,1-3H3. The molecule has 6 unspecified atom stereocenters. The summed E-state index contributed by atoms with van der Waals surface area (Å²) in [5, 5.41) is 1.10. The third-order valence-electron chi connectivity index (χ3n) is 1.53. The van der Waals surface area contributed by atoms with Gasteiger partial charge >= 0.3 is 0 Å². The van der Waals surface area contributed by atoms with E-state index in [1.54, 1.807) is 0 Å². The molecule has 0 spiro atoms. The van der Waals surface area contributed by atoms with Crippen molar-refractivity contribution in [2.75, 3.05) is 38.0 Å². The SMILES string of the molecule is CPCPCPC(CPC)PC. The molecular weight excluding hydrogens is 239 g/mol. The van der Waals surface area contributed by atoms with E-state index in [1.165, 1.54) is 60.9 Å². The van der Waals surface area contributed by atoms with Crippen molar-refractivity contribution in [1.82, 2.24) is 0 Å². The molecule has 5 heteroatoms. The van der Waals surface area contributed by atoms with Crippen molar-refractivity contribution in [2.45, 2.75) is 5.40 Å². The van der Waals surface area contributed by atoms with E-state index in [0.717, 1.165) is 5.40 Å². The molecule has 6 atom stereocenters. The van der Waals surface area contributed by atoms with E-state index in [1.807, 2.05) is 0 Å². The summed E-state index contributed by atoms with van der Waals surface area (Å²) >= 11 is 0. The van der Waals surface area contributed by atoms with Crippen LogP contribution >= 0.6 is 42.9 Å². The Bertz CT molecular complexity index is 87.9. The molecule has 0 fully saturated rings. The molecule has 0 radical (unpaired) electrons. The van der Waals surface area contributed by atoms with E-state index >= 15 is 0 Å². The second-order valence-corrected chi connectivity index (χ2v) is 10.7. The summed E-state index contributed by atoms with van der Waals surface area (Å²) in [5.74, 6) is 3.04. The average molecular weight is 260 g/mol. The molecule has 0 saturated carbocycles. The predicted octanol–water partition coefficient (Wildman–Crippen LogP) is 3.51. The summed E-state index contributed by atoms with van der Waals surface area (Å²) in [5.41, 5.74) is 0. The van der Waals surface area contributed by atoms with Gasteiger partial charge in [-0.25, -0.2) is 0 Å². The van der Waals surface area contributed by atoms with Gasteiger partial charge in [0, 0.05) is 0 Å². The van der Waals surface area contributed by atoms with Gasteiger partial charge in [-0.2, -0.15) is 0 Å². The molecule has 0 aliphatic heterocycles. The van der Waals surface area contributed by atoms with Gasteiger partial charge in [0.1, 0.15) is 0 Å². The number of hydrogen-bond donors (Lipinski definition) is 0. The first-order valence-corrected chi connectivity index (χ1v) is 11.9. The van der Waals surface area contributed by atoms with Crippen LogP contribution in [0.1, 0.15) is 0 Å². The maximum atomic E-state index is 2.38. The molecule has 0 amide bonds. The van der Waals surface area contributed by atoms with Crippen molar-refractivity contribution in [3.8, 4) is 0 Å². The highest BCUT2D eigenvalue weighted by molar-refractivity contribution is 7.67. The number of hydrogen-bond acceptors (Lipinski definition) is 0. The first kappa shape index (κ1) is 14.2. The lowest BCUT2D eigenvalue weighted by Gasteiger charge is -2.13. The summed E-state index contributed by atoms with van der Waals surface area (Å²) in [6, 6.07) is 0. The quantitative estimate of drug-likeness (QED) is 0.462. The predicted molar refractivity (Wildman–Crippen MR) is 77.7 cm³/mol. The molecule has 0 aromatic carbocycles. The summed E-state index contributed by atoms with van der Waals surface area (Å²) in [7, 11) is 6.09. The smallest absolute Gasteiger partial charge is 0.00239 e. The Morgan fingerprint density at radius 2 is 1.75 bits per heavy atom. The monoisotopic (exact) mass is 260 g/mol. The van der Waals surface area contributed by atoms with Crippen molar-refractivity contribution >= 4 is 42.9 Å². The van der Waals surface area contributed by atoms with Crippen molar-refractivity contribution in [3.05, 3.63) is 0 Å². The minimum atomic E-state index is 1.10. The Balaban J connectivity index is 3.19. The Morgan fingerprint density at radius 3 is 2.25 bits per heavy atom. The van der Waals surface area contributed by atoms with Gasteiger partial charge in [-0.05, 0) is 43.4 Å². The summed E-state index contributed by atoms with van der Waals surface area (Å²) in [4.78, 5) is 0. The van der Waals surface area contributed by atoms with Crippen molar-refractivity contribution in [2.24, 2.45) is 0 Å². The molecule has 0 aromatic rings. The molecule has 0 rings (SSSR count). The highest BCUT2D eigenvalue weighted by Gasteiger charge is 2.03. The zero-order chi connectivity index (χ0) is 9.23. The van der Waals surface area contributed by atoms with Crippen molar-refractivity contribution in [1.29, 1.82) is 0 Å². The van der Waals surface area contributed by atoms with Crippen LogP contribution < -0.4 is 0 Å². The molecule has 0 N–H and O–H groups in total. The van der Waals surface area contributed by atoms with E-state index in [2.05, 4.69) is 20.0 Å². The van der Waals surface area contributed by atoms with Gasteiger partial charge in [0.25, 0.3) is 0 Å². The molecule has 0 aliphatic rings. The molecule has 12 heavy (non-hydrogen) atoms. The van der Waals surface area contributed by atoms with Gasteiger partial charge in [0.15, 0.2) is 0 Å². The fourth-order valence-electron chi connectivity index (χ4n) is 0.863. The lowest BCUT2D eigenvalue weighted by Crippen LogP contribution is -1.94. The van der Waals surface area contributed by atoms with Crippen LogP contribution in [0.4, 0.5) is 0 Å². The van der Waals surface area contributed by atoms with Crippen LogP contribution in [0, 0.1) is 0 Å². The lowest BCUT2D eigenvalue weighted by atomic mass is 10.9. The Morgan fingerprint density at radius 1 is 1.00 bits per heavy atom. The molecule has 0 heterocycles.